The topological polar surface area (TPSA) is 135 Å². The molecular formula is C22H30N6O3. The fourth-order valence-corrected chi connectivity index (χ4v) is 4.74. The molecule has 0 radical (unpaired) electrons. The number of hydrogen-bond donors (Lipinski definition) is 4. The van der Waals surface area contributed by atoms with Gasteiger partial charge in [0.15, 0.2) is 0 Å². The van der Waals surface area contributed by atoms with Crippen LogP contribution in [0, 0.1) is 5.92 Å². The quantitative estimate of drug-likeness (QED) is 0.596. The lowest BCUT2D eigenvalue weighted by atomic mass is 9.89. The molecule has 1 saturated carbocycles. The first-order valence-corrected chi connectivity index (χ1v) is 10.9. The van der Waals surface area contributed by atoms with Crippen molar-refractivity contribution < 1.29 is 14.4 Å². The van der Waals surface area contributed by atoms with E-state index in [0.29, 0.717) is 42.0 Å². The number of fused-ring (bicyclic) bond motifs is 1. The van der Waals surface area contributed by atoms with E-state index in [4.69, 9.17) is 11.5 Å². The molecule has 4 amide bonds. The van der Waals surface area contributed by atoms with E-state index in [0.717, 1.165) is 12.8 Å². The number of nitrogens with zero attached hydrogens (tertiary/aromatic N) is 2. The molecule has 1 aromatic heterocycles. The van der Waals surface area contributed by atoms with Crippen LogP contribution in [0.25, 0.3) is 10.9 Å². The van der Waals surface area contributed by atoms with Crippen LogP contribution in [-0.4, -0.2) is 52.6 Å². The van der Waals surface area contributed by atoms with Crippen LogP contribution >= 0.6 is 0 Å². The number of urea groups is 1. The molecule has 166 valence electrons. The highest BCUT2D eigenvalue weighted by Crippen LogP contribution is 2.27. The normalized spacial score (nSPS) is 21.9. The molecule has 0 unspecified atom stereocenters. The van der Waals surface area contributed by atoms with E-state index in [-0.39, 0.29) is 11.9 Å². The van der Waals surface area contributed by atoms with Crippen molar-refractivity contribution in [3.05, 3.63) is 30.5 Å². The Kier molecular flexibility index (Phi) is 6.13. The second kappa shape index (κ2) is 8.97. The minimum absolute atomic E-state index is 0.159. The summed E-state index contributed by atoms with van der Waals surface area (Å²) in [7, 11) is 0. The van der Waals surface area contributed by atoms with E-state index in [2.05, 4.69) is 10.6 Å². The van der Waals surface area contributed by atoms with Crippen LogP contribution in [0.1, 0.15) is 38.5 Å². The molecule has 0 spiro atoms. The minimum Gasteiger partial charge on any atom is -0.354 e. The third kappa shape index (κ3) is 4.51. The van der Waals surface area contributed by atoms with Crippen molar-refractivity contribution in [2.45, 2.75) is 50.6 Å². The van der Waals surface area contributed by atoms with E-state index < -0.39 is 18.1 Å². The molecule has 2 heterocycles. The smallest absolute Gasteiger partial charge is 0.323 e. The monoisotopic (exact) mass is 426 g/mol. The summed E-state index contributed by atoms with van der Waals surface area (Å²) >= 11 is 0. The van der Waals surface area contributed by atoms with Crippen LogP contribution in [0.5, 0.6) is 0 Å². The molecular weight excluding hydrogens is 396 g/mol. The Morgan fingerprint density at radius 2 is 1.84 bits per heavy atom. The maximum Gasteiger partial charge on any atom is 0.323 e. The van der Waals surface area contributed by atoms with Gasteiger partial charge in [-0.25, -0.2) is 9.59 Å². The molecule has 2 aromatic rings. The predicted molar refractivity (Wildman–Crippen MR) is 119 cm³/mol. The summed E-state index contributed by atoms with van der Waals surface area (Å²) in [4.78, 5) is 39.1. The zero-order valence-corrected chi connectivity index (χ0v) is 17.5. The number of amides is 4. The summed E-state index contributed by atoms with van der Waals surface area (Å²) in [6.07, 6.45) is 7.88. The Labute approximate surface area is 181 Å². The first-order valence-electron chi connectivity index (χ1n) is 10.9. The highest BCUT2D eigenvalue weighted by molar-refractivity contribution is 6.05. The van der Waals surface area contributed by atoms with E-state index in [1.54, 1.807) is 18.2 Å². The number of aromatic nitrogens is 1. The number of carbonyl (C=O) groups excluding carboxylic acids is 3. The molecule has 1 aliphatic heterocycles. The van der Waals surface area contributed by atoms with Gasteiger partial charge < -0.3 is 27.0 Å². The van der Waals surface area contributed by atoms with Crippen molar-refractivity contribution in [3.63, 3.8) is 0 Å². The van der Waals surface area contributed by atoms with Gasteiger partial charge in [-0.3, -0.25) is 9.36 Å². The molecule has 9 nitrogen and oxygen atoms in total. The average molecular weight is 427 g/mol. The summed E-state index contributed by atoms with van der Waals surface area (Å²) in [5.41, 5.74) is 12.6. The van der Waals surface area contributed by atoms with Crippen molar-refractivity contribution in [1.82, 2.24) is 14.8 Å². The number of para-hydroxylation sites is 1. The van der Waals surface area contributed by atoms with Crippen LogP contribution in [0.15, 0.2) is 30.5 Å². The molecule has 2 atom stereocenters. The Hall–Kier alpha value is -3.07. The minimum atomic E-state index is -0.639. The Morgan fingerprint density at radius 1 is 1.10 bits per heavy atom. The van der Waals surface area contributed by atoms with Gasteiger partial charge in [-0.15, -0.1) is 0 Å². The maximum absolute atomic E-state index is 13.1. The highest BCUT2D eigenvalue weighted by atomic mass is 16.2. The average Bonchev–Trinajstić information content (AvgIpc) is 3.34. The standard InChI is InChI=1S/C22H30N6O3/c23-15-10-19(20(29)25-11-14-6-2-1-3-7-14)28(12-15)22(31)26-17-13-27(21(24)30)18-9-5-4-8-16(17)18/h4-5,8-9,13-15,19H,1-3,6-7,10-12,23H2,(H2,24,30)(H,25,29)(H,26,31)/t15-,19-/m0/s1. The number of likely N-dealkylation sites (tertiary alicyclic amines) is 1. The van der Waals surface area contributed by atoms with Crippen LogP contribution < -0.4 is 22.1 Å². The Balaban J connectivity index is 1.46. The van der Waals surface area contributed by atoms with Gasteiger partial charge in [0.05, 0.1) is 11.2 Å². The number of primary amides is 1. The number of nitrogens with two attached hydrogens (primary N) is 2. The molecule has 9 heteroatoms. The first-order chi connectivity index (χ1) is 14.9. The van der Waals surface area contributed by atoms with Crippen LogP contribution in [0.4, 0.5) is 15.3 Å². The molecule has 6 N–H and O–H groups in total. The Bertz CT molecular complexity index is 981. The number of carbonyl (C=O) groups is 3. The van der Waals surface area contributed by atoms with Gasteiger partial charge in [0.2, 0.25) is 5.91 Å². The van der Waals surface area contributed by atoms with Crippen LogP contribution in [0.3, 0.4) is 0 Å². The van der Waals surface area contributed by atoms with Gasteiger partial charge in [0, 0.05) is 30.7 Å². The SMILES string of the molecule is NC(=O)n1cc(NC(=O)N2C[C@@H](N)C[C@H]2C(=O)NCC2CCCCC2)c2ccccc21. The summed E-state index contributed by atoms with van der Waals surface area (Å²) in [5.74, 6) is 0.350. The van der Waals surface area contributed by atoms with Gasteiger partial charge in [0.1, 0.15) is 6.04 Å². The number of anilines is 1. The van der Waals surface area contributed by atoms with E-state index in [1.807, 2.05) is 6.07 Å². The second-order valence-corrected chi connectivity index (χ2v) is 8.61. The largest absolute Gasteiger partial charge is 0.354 e. The lowest BCUT2D eigenvalue weighted by Crippen LogP contribution is -2.48. The fourth-order valence-electron chi connectivity index (χ4n) is 4.74. The summed E-state index contributed by atoms with van der Waals surface area (Å²) < 4.78 is 1.29. The van der Waals surface area contributed by atoms with Gasteiger partial charge >= 0.3 is 12.1 Å². The van der Waals surface area contributed by atoms with Crippen molar-refractivity contribution in [3.8, 4) is 0 Å². The third-order valence-corrected chi connectivity index (χ3v) is 6.38. The van der Waals surface area contributed by atoms with Crippen molar-refractivity contribution >= 4 is 34.6 Å². The molecule has 2 aliphatic rings. The summed E-state index contributed by atoms with van der Waals surface area (Å²) in [6, 6.07) is 5.23. The molecule has 4 rings (SSSR count). The zero-order chi connectivity index (χ0) is 22.0. The Morgan fingerprint density at radius 3 is 2.58 bits per heavy atom. The van der Waals surface area contributed by atoms with Crippen molar-refractivity contribution in [2.75, 3.05) is 18.4 Å². The lowest BCUT2D eigenvalue weighted by molar-refractivity contribution is -0.124. The van der Waals surface area contributed by atoms with Crippen LogP contribution in [-0.2, 0) is 4.79 Å². The summed E-state index contributed by atoms with van der Waals surface area (Å²) in [6.45, 7) is 0.938. The molecule has 1 aromatic carbocycles. The van der Waals surface area contributed by atoms with Gasteiger partial charge in [-0.2, -0.15) is 0 Å². The van der Waals surface area contributed by atoms with E-state index in [1.165, 1.54) is 34.9 Å². The molecule has 1 aliphatic carbocycles. The van der Waals surface area contributed by atoms with E-state index >= 15 is 0 Å². The first kappa shape index (κ1) is 21.2. The van der Waals surface area contributed by atoms with Gasteiger partial charge in [-0.1, -0.05) is 37.5 Å². The van der Waals surface area contributed by atoms with Crippen molar-refractivity contribution in [1.29, 1.82) is 0 Å². The fraction of sp³-hybridized carbons (Fsp3) is 0.500. The van der Waals surface area contributed by atoms with Crippen LogP contribution in [0.2, 0.25) is 0 Å². The van der Waals surface area contributed by atoms with Crippen molar-refractivity contribution in [2.24, 2.45) is 17.4 Å². The molecule has 31 heavy (non-hydrogen) atoms. The second-order valence-electron chi connectivity index (χ2n) is 8.61. The van der Waals surface area contributed by atoms with E-state index in [9.17, 15) is 14.4 Å². The number of nitrogens with one attached hydrogen (secondary N) is 2. The lowest BCUT2D eigenvalue weighted by Gasteiger charge is -2.26. The summed E-state index contributed by atoms with van der Waals surface area (Å²) in [5, 5.41) is 6.56. The zero-order valence-electron chi connectivity index (χ0n) is 17.5. The third-order valence-electron chi connectivity index (χ3n) is 6.38. The number of benzene rings is 1. The van der Waals surface area contributed by atoms with Gasteiger partial charge in [-0.05, 0) is 31.2 Å². The predicted octanol–water partition coefficient (Wildman–Crippen LogP) is 2.20. The number of hydrogen-bond acceptors (Lipinski definition) is 4. The highest BCUT2D eigenvalue weighted by Gasteiger charge is 2.38. The van der Waals surface area contributed by atoms with Gasteiger partial charge in [0.25, 0.3) is 0 Å². The molecule has 1 saturated heterocycles. The molecule has 0 bridgehead atoms. The number of rotatable bonds is 4. The molecule has 2 fully saturated rings. The maximum atomic E-state index is 13.1.